The van der Waals surface area contributed by atoms with Crippen LogP contribution in [0.15, 0.2) is 6.07 Å². The third kappa shape index (κ3) is 1.93. The number of aliphatic hydroxyl groups excluding tert-OH is 1. The van der Waals surface area contributed by atoms with E-state index in [1.807, 2.05) is 13.0 Å². The van der Waals surface area contributed by atoms with Crippen molar-refractivity contribution in [3.8, 4) is 0 Å². The molecule has 62 valence electrons. The van der Waals surface area contributed by atoms with Crippen LogP contribution < -0.4 is 5.73 Å². The van der Waals surface area contributed by atoms with Crippen LogP contribution in [0.2, 0.25) is 4.34 Å². The van der Waals surface area contributed by atoms with Crippen molar-refractivity contribution in [3.05, 3.63) is 20.8 Å². The van der Waals surface area contributed by atoms with Gasteiger partial charge in [-0.2, -0.15) is 0 Å². The molecule has 0 fully saturated rings. The van der Waals surface area contributed by atoms with Crippen LogP contribution in [0.3, 0.4) is 0 Å². The Morgan fingerprint density at radius 2 is 2.45 bits per heavy atom. The summed E-state index contributed by atoms with van der Waals surface area (Å²) in [6, 6.07) is 1.83. The van der Waals surface area contributed by atoms with Crippen molar-refractivity contribution in [1.29, 1.82) is 0 Å². The minimum atomic E-state index is -0.563. The van der Waals surface area contributed by atoms with E-state index in [0.717, 1.165) is 10.4 Å². The molecule has 1 atom stereocenters. The van der Waals surface area contributed by atoms with Crippen LogP contribution in [0.25, 0.3) is 0 Å². The molecule has 4 heteroatoms. The standard InChI is InChI=1S/C7H10ClNOS/c1-4-2-6(8)11-7(4)5(10)3-9/h2,5,10H,3,9H2,1H3. The molecule has 0 spiro atoms. The maximum atomic E-state index is 9.35. The average Bonchev–Trinajstić information content (AvgIpc) is 2.28. The molecule has 0 aliphatic heterocycles. The topological polar surface area (TPSA) is 46.2 Å². The zero-order valence-electron chi connectivity index (χ0n) is 6.17. The smallest absolute Gasteiger partial charge is 0.101 e. The summed E-state index contributed by atoms with van der Waals surface area (Å²) in [7, 11) is 0. The second kappa shape index (κ2) is 3.54. The molecular formula is C7H10ClNOS. The quantitative estimate of drug-likeness (QED) is 0.748. The number of thiophene rings is 1. The fourth-order valence-electron chi connectivity index (χ4n) is 0.894. The molecule has 11 heavy (non-hydrogen) atoms. The Morgan fingerprint density at radius 1 is 1.82 bits per heavy atom. The van der Waals surface area contributed by atoms with Crippen molar-refractivity contribution in [1.82, 2.24) is 0 Å². The first-order valence-electron chi connectivity index (χ1n) is 3.29. The Hall–Kier alpha value is -0.0900. The molecule has 1 rings (SSSR count). The number of hydrogen-bond acceptors (Lipinski definition) is 3. The van der Waals surface area contributed by atoms with Gasteiger partial charge in [-0.3, -0.25) is 0 Å². The van der Waals surface area contributed by atoms with Crippen LogP contribution in [0.1, 0.15) is 16.5 Å². The third-order valence-electron chi connectivity index (χ3n) is 1.45. The number of hydrogen-bond donors (Lipinski definition) is 2. The van der Waals surface area contributed by atoms with Gasteiger partial charge in [0.25, 0.3) is 0 Å². The second-order valence-electron chi connectivity index (χ2n) is 2.35. The lowest BCUT2D eigenvalue weighted by molar-refractivity contribution is 0.190. The van der Waals surface area contributed by atoms with Gasteiger partial charge in [-0.15, -0.1) is 11.3 Å². The molecule has 0 radical (unpaired) electrons. The average molecular weight is 192 g/mol. The molecule has 0 amide bonds. The molecule has 1 aromatic heterocycles. The Morgan fingerprint density at radius 3 is 2.82 bits per heavy atom. The van der Waals surface area contributed by atoms with Gasteiger partial charge in [0.05, 0.1) is 4.34 Å². The lowest BCUT2D eigenvalue weighted by Crippen LogP contribution is -2.10. The van der Waals surface area contributed by atoms with Crippen LogP contribution in [-0.2, 0) is 0 Å². The van der Waals surface area contributed by atoms with E-state index in [-0.39, 0.29) is 6.54 Å². The van der Waals surface area contributed by atoms with Gasteiger partial charge in [0.15, 0.2) is 0 Å². The summed E-state index contributed by atoms with van der Waals surface area (Å²) < 4.78 is 0.699. The summed E-state index contributed by atoms with van der Waals surface area (Å²) in [5.74, 6) is 0. The van der Waals surface area contributed by atoms with Crippen LogP contribution in [0, 0.1) is 6.92 Å². The maximum Gasteiger partial charge on any atom is 0.101 e. The van der Waals surface area contributed by atoms with Gasteiger partial charge in [-0.1, -0.05) is 11.6 Å². The number of aryl methyl sites for hydroxylation is 1. The Bertz CT molecular complexity index is 249. The summed E-state index contributed by atoms with van der Waals surface area (Å²) in [5, 5.41) is 9.35. The minimum absolute atomic E-state index is 0.248. The molecule has 0 aromatic carbocycles. The van der Waals surface area contributed by atoms with Gasteiger partial charge < -0.3 is 10.8 Å². The Labute approximate surface area is 74.6 Å². The van der Waals surface area contributed by atoms with Gasteiger partial charge in [-0.25, -0.2) is 0 Å². The summed E-state index contributed by atoms with van der Waals surface area (Å²) >= 11 is 7.12. The summed E-state index contributed by atoms with van der Waals surface area (Å²) in [6.45, 7) is 2.16. The third-order valence-corrected chi connectivity index (χ3v) is 2.92. The predicted molar refractivity (Wildman–Crippen MR) is 48.1 cm³/mol. The molecule has 0 saturated carbocycles. The van der Waals surface area contributed by atoms with E-state index in [2.05, 4.69) is 0 Å². The van der Waals surface area contributed by atoms with Crippen LogP contribution in [0.4, 0.5) is 0 Å². The first-order valence-corrected chi connectivity index (χ1v) is 4.48. The Balaban J connectivity index is 2.93. The van der Waals surface area contributed by atoms with E-state index in [1.165, 1.54) is 11.3 Å². The summed E-state index contributed by atoms with van der Waals surface area (Å²) in [5.41, 5.74) is 6.31. The van der Waals surface area contributed by atoms with Crippen LogP contribution in [0.5, 0.6) is 0 Å². The van der Waals surface area contributed by atoms with Crippen molar-refractivity contribution >= 4 is 22.9 Å². The molecule has 0 saturated heterocycles. The SMILES string of the molecule is Cc1cc(Cl)sc1C(O)CN. The first-order chi connectivity index (χ1) is 5.15. The fourth-order valence-corrected chi connectivity index (χ4v) is 2.21. The molecule has 1 unspecified atom stereocenters. The van der Waals surface area contributed by atoms with E-state index < -0.39 is 6.10 Å². The zero-order chi connectivity index (χ0) is 8.43. The highest BCUT2D eigenvalue weighted by molar-refractivity contribution is 7.16. The number of nitrogens with two attached hydrogens (primary N) is 1. The lowest BCUT2D eigenvalue weighted by atomic mass is 10.2. The molecule has 0 aliphatic carbocycles. The molecule has 1 heterocycles. The highest BCUT2D eigenvalue weighted by Gasteiger charge is 2.11. The van der Waals surface area contributed by atoms with Crippen molar-refractivity contribution < 1.29 is 5.11 Å². The van der Waals surface area contributed by atoms with E-state index in [1.54, 1.807) is 0 Å². The van der Waals surface area contributed by atoms with E-state index >= 15 is 0 Å². The maximum absolute atomic E-state index is 9.35. The van der Waals surface area contributed by atoms with E-state index in [4.69, 9.17) is 17.3 Å². The van der Waals surface area contributed by atoms with Crippen molar-refractivity contribution in [2.75, 3.05) is 6.54 Å². The number of rotatable bonds is 2. The fraction of sp³-hybridized carbons (Fsp3) is 0.429. The van der Waals surface area contributed by atoms with E-state index in [0.29, 0.717) is 4.34 Å². The van der Waals surface area contributed by atoms with Crippen molar-refractivity contribution in [3.63, 3.8) is 0 Å². The number of halogens is 1. The lowest BCUT2D eigenvalue weighted by Gasteiger charge is -2.04. The van der Waals surface area contributed by atoms with Crippen molar-refractivity contribution in [2.24, 2.45) is 5.73 Å². The first kappa shape index (κ1) is 9.00. The van der Waals surface area contributed by atoms with Gasteiger partial charge in [0.1, 0.15) is 6.10 Å². The molecule has 2 nitrogen and oxygen atoms in total. The monoisotopic (exact) mass is 191 g/mol. The van der Waals surface area contributed by atoms with Gasteiger partial charge >= 0.3 is 0 Å². The predicted octanol–water partition coefficient (Wildman–Crippen LogP) is 1.70. The minimum Gasteiger partial charge on any atom is -0.386 e. The Kier molecular flexibility index (Phi) is 2.90. The summed E-state index contributed by atoms with van der Waals surface area (Å²) in [4.78, 5) is 0.873. The molecule has 1 aromatic rings. The van der Waals surface area contributed by atoms with Gasteiger partial charge in [-0.05, 0) is 18.6 Å². The van der Waals surface area contributed by atoms with Gasteiger partial charge in [0.2, 0.25) is 0 Å². The normalized spacial score (nSPS) is 13.5. The number of aliphatic hydroxyl groups is 1. The zero-order valence-corrected chi connectivity index (χ0v) is 7.75. The largest absolute Gasteiger partial charge is 0.386 e. The molecule has 0 bridgehead atoms. The molecule has 3 N–H and O–H groups in total. The van der Waals surface area contributed by atoms with Crippen molar-refractivity contribution in [2.45, 2.75) is 13.0 Å². The van der Waals surface area contributed by atoms with Crippen LogP contribution in [-0.4, -0.2) is 11.7 Å². The molecular weight excluding hydrogens is 182 g/mol. The van der Waals surface area contributed by atoms with Gasteiger partial charge in [0, 0.05) is 11.4 Å². The van der Waals surface area contributed by atoms with Crippen LogP contribution >= 0.6 is 22.9 Å². The highest BCUT2D eigenvalue weighted by Crippen LogP contribution is 2.30. The summed E-state index contributed by atoms with van der Waals surface area (Å²) in [6.07, 6.45) is -0.563. The highest BCUT2D eigenvalue weighted by atomic mass is 35.5. The van der Waals surface area contributed by atoms with E-state index in [9.17, 15) is 5.11 Å². The molecule has 0 aliphatic rings. The second-order valence-corrected chi connectivity index (χ2v) is 4.06.